The van der Waals surface area contributed by atoms with Crippen LogP contribution in [-0.2, 0) is 0 Å². The Balaban J connectivity index is 2.43. The lowest BCUT2D eigenvalue weighted by Gasteiger charge is -2.53. The summed E-state index contributed by atoms with van der Waals surface area (Å²) in [5.74, 6) is 1.60. The first-order valence-corrected chi connectivity index (χ1v) is 6.69. The number of aliphatic hydroxyl groups is 1. The van der Waals surface area contributed by atoms with Gasteiger partial charge >= 0.3 is 0 Å². The molecule has 1 fully saturated rings. The van der Waals surface area contributed by atoms with Crippen molar-refractivity contribution in [3.05, 3.63) is 11.6 Å². The maximum absolute atomic E-state index is 10.3. The van der Waals surface area contributed by atoms with Gasteiger partial charge in [0.1, 0.15) is 0 Å². The van der Waals surface area contributed by atoms with Crippen LogP contribution >= 0.6 is 0 Å². The minimum absolute atomic E-state index is 0.345. The van der Waals surface area contributed by atoms with Gasteiger partial charge in [-0.3, -0.25) is 0 Å². The molecule has 2 nitrogen and oxygen atoms in total. The third kappa shape index (κ3) is 1.54. The SMILES string of the molecule is CC[C@H]1[C@@H](C)CC(C)C2=CCC[C@H](O)C21N. The second kappa shape index (κ2) is 4.15. The number of nitrogens with two attached hydrogens (primary N) is 1. The number of rotatable bonds is 1. The van der Waals surface area contributed by atoms with Gasteiger partial charge in [-0.15, -0.1) is 0 Å². The van der Waals surface area contributed by atoms with Crippen LogP contribution in [0.25, 0.3) is 0 Å². The monoisotopic (exact) mass is 223 g/mol. The summed E-state index contributed by atoms with van der Waals surface area (Å²) in [5, 5.41) is 10.3. The van der Waals surface area contributed by atoms with Gasteiger partial charge in [-0.25, -0.2) is 0 Å². The van der Waals surface area contributed by atoms with Gasteiger partial charge in [-0.05, 0) is 42.6 Å². The molecular weight excluding hydrogens is 198 g/mol. The van der Waals surface area contributed by atoms with Crippen LogP contribution in [-0.4, -0.2) is 16.7 Å². The predicted molar refractivity (Wildman–Crippen MR) is 67.0 cm³/mol. The summed E-state index contributed by atoms with van der Waals surface area (Å²) >= 11 is 0. The van der Waals surface area contributed by atoms with Gasteiger partial charge in [0.25, 0.3) is 0 Å². The lowest BCUT2D eigenvalue weighted by Crippen LogP contribution is -2.63. The van der Waals surface area contributed by atoms with Gasteiger partial charge in [-0.1, -0.05) is 33.3 Å². The minimum Gasteiger partial charge on any atom is -0.391 e. The van der Waals surface area contributed by atoms with E-state index in [1.807, 2.05) is 0 Å². The third-order valence-corrected chi connectivity index (χ3v) is 4.85. The summed E-state index contributed by atoms with van der Waals surface area (Å²) in [6.45, 7) is 6.75. The van der Waals surface area contributed by atoms with E-state index in [2.05, 4.69) is 26.8 Å². The van der Waals surface area contributed by atoms with E-state index < -0.39 is 5.54 Å². The zero-order valence-electron chi connectivity index (χ0n) is 10.7. The molecule has 2 rings (SSSR count). The minimum atomic E-state index is -0.440. The highest BCUT2D eigenvalue weighted by Crippen LogP contribution is 2.48. The first-order valence-electron chi connectivity index (χ1n) is 6.69. The molecule has 2 aliphatic rings. The molecule has 16 heavy (non-hydrogen) atoms. The normalized spacial score (nSPS) is 48.4. The van der Waals surface area contributed by atoms with E-state index in [1.54, 1.807) is 0 Å². The van der Waals surface area contributed by atoms with Crippen LogP contribution in [0.1, 0.15) is 46.5 Å². The Labute approximate surface area is 98.9 Å². The standard InChI is InChI=1S/C14H25NO/c1-4-11-9(2)8-10(3)12-6-5-7-13(16)14(11,12)15/h6,9-11,13,16H,4-5,7-8,15H2,1-3H3/t9-,10?,11-,13-,14?/m0/s1. The Hall–Kier alpha value is -0.340. The Morgan fingerprint density at radius 3 is 2.81 bits per heavy atom. The van der Waals surface area contributed by atoms with Crippen LogP contribution in [0.4, 0.5) is 0 Å². The molecule has 3 N–H and O–H groups in total. The lowest BCUT2D eigenvalue weighted by atomic mass is 9.56. The smallest absolute Gasteiger partial charge is 0.0764 e. The molecule has 0 aliphatic heterocycles. The van der Waals surface area contributed by atoms with E-state index in [1.165, 1.54) is 12.0 Å². The molecule has 0 saturated heterocycles. The Morgan fingerprint density at radius 2 is 2.19 bits per heavy atom. The molecule has 0 radical (unpaired) electrons. The summed E-state index contributed by atoms with van der Waals surface area (Å²) in [6, 6.07) is 0. The highest BCUT2D eigenvalue weighted by molar-refractivity contribution is 5.31. The van der Waals surface area contributed by atoms with E-state index in [0.29, 0.717) is 17.8 Å². The Kier molecular flexibility index (Phi) is 3.15. The molecule has 0 aromatic rings. The van der Waals surface area contributed by atoms with E-state index in [9.17, 15) is 5.11 Å². The summed E-state index contributed by atoms with van der Waals surface area (Å²) in [7, 11) is 0. The van der Waals surface area contributed by atoms with Gasteiger partial charge in [0, 0.05) is 0 Å². The van der Waals surface area contributed by atoms with Gasteiger partial charge in [0.15, 0.2) is 0 Å². The number of fused-ring (bicyclic) bond motifs is 1. The first kappa shape index (κ1) is 12.1. The topological polar surface area (TPSA) is 46.2 Å². The first-order chi connectivity index (χ1) is 7.51. The number of hydrogen-bond donors (Lipinski definition) is 2. The van der Waals surface area contributed by atoms with Crippen molar-refractivity contribution in [3.63, 3.8) is 0 Å². The van der Waals surface area contributed by atoms with Crippen LogP contribution in [0, 0.1) is 17.8 Å². The van der Waals surface area contributed by atoms with Gasteiger partial charge < -0.3 is 10.8 Å². The van der Waals surface area contributed by atoms with Crippen molar-refractivity contribution in [2.75, 3.05) is 0 Å². The fourth-order valence-electron chi connectivity index (χ4n) is 4.15. The van der Waals surface area contributed by atoms with E-state index in [0.717, 1.165) is 19.3 Å². The average molecular weight is 223 g/mol. The maximum Gasteiger partial charge on any atom is 0.0764 e. The number of aliphatic hydroxyl groups excluding tert-OH is 1. The van der Waals surface area contributed by atoms with Crippen molar-refractivity contribution in [2.45, 2.75) is 58.1 Å². The molecule has 2 heteroatoms. The molecule has 0 bridgehead atoms. The zero-order chi connectivity index (χ0) is 11.9. The molecule has 0 aromatic heterocycles. The quantitative estimate of drug-likeness (QED) is 0.671. The summed E-state index contributed by atoms with van der Waals surface area (Å²) in [4.78, 5) is 0. The molecule has 5 atom stereocenters. The van der Waals surface area contributed by atoms with Gasteiger partial charge in [0.2, 0.25) is 0 Å². The van der Waals surface area contributed by atoms with Crippen molar-refractivity contribution in [2.24, 2.45) is 23.5 Å². The molecule has 0 amide bonds. The van der Waals surface area contributed by atoms with Crippen LogP contribution < -0.4 is 5.73 Å². The highest BCUT2D eigenvalue weighted by atomic mass is 16.3. The third-order valence-electron chi connectivity index (χ3n) is 4.85. The van der Waals surface area contributed by atoms with E-state index in [-0.39, 0.29) is 6.10 Å². The number of hydrogen-bond acceptors (Lipinski definition) is 2. The van der Waals surface area contributed by atoms with Gasteiger partial charge in [-0.2, -0.15) is 0 Å². The van der Waals surface area contributed by atoms with E-state index >= 15 is 0 Å². The van der Waals surface area contributed by atoms with Crippen LogP contribution in [0.3, 0.4) is 0 Å². The molecular formula is C14H25NO. The van der Waals surface area contributed by atoms with Crippen molar-refractivity contribution in [3.8, 4) is 0 Å². The van der Waals surface area contributed by atoms with Crippen LogP contribution in [0.15, 0.2) is 11.6 Å². The molecule has 92 valence electrons. The van der Waals surface area contributed by atoms with E-state index in [4.69, 9.17) is 5.73 Å². The van der Waals surface area contributed by atoms with Crippen molar-refractivity contribution < 1.29 is 5.11 Å². The van der Waals surface area contributed by atoms with Crippen LogP contribution in [0.2, 0.25) is 0 Å². The molecule has 0 aromatic carbocycles. The summed E-state index contributed by atoms with van der Waals surface area (Å²) < 4.78 is 0. The predicted octanol–water partition coefficient (Wildman–Crippen LogP) is 2.47. The average Bonchev–Trinajstić information content (AvgIpc) is 2.21. The molecule has 1 saturated carbocycles. The maximum atomic E-state index is 10.3. The molecule has 2 unspecified atom stereocenters. The zero-order valence-corrected chi connectivity index (χ0v) is 10.7. The molecule has 0 spiro atoms. The Bertz CT molecular complexity index is 299. The molecule has 0 heterocycles. The van der Waals surface area contributed by atoms with Gasteiger partial charge in [0.05, 0.1) is 11.6 Å². The van der Waals surface area contributed by atoms with Crippen molar-refractivity contribution in [1.82, 2.24) is 0 Å². The van der Waals surface area contributed by atoms with Crippen molar-refractivity contribution >= 4 is 0 Å². The second-order valence-corrected chi connectivity index (χ2v) is 5.81. The lowest BCUT2D eigenvalue weighted by molar-refractivity contribution is 0.00893. The van der Waals surface area contributed by atoms with Crippen molar-refractivity contribution in [1.29, 1.82) is 0 Å². The molecule has 2 aliphatic carbocycles. The summed E-state index contributed by atoms with van der Waals surface area (Å²) in [6.07, 6.45) is 6.06. The largest absolute Gasteiger partial charge is 0.391 e. The second-order valence-electron chi connectivity index (χ2n) is 5.81. The van der Waals surface area contributed by atoms with Crippen LogP contribution in [0.5, 0.6) is 0 Å². The summed E-state index contributed by atoms with van der Waals surface area (Å²) in [5.41, 5.74) is 7.51. The highest BCUT2D eigenvalue weighted by Gasteiger charge is 2.51. The Morgan fingerprint density at radius 1 is 1.50 bits per heavy atom. The number of allylic oxidation sites excluding steroid dienone is 1. The fraction of sp³-hybridized carbons (Fsp3) is 0.857. The fourth-order valence-corrected chi connectivity index (χ4v) is 4.15.